The lowest BCUT2D eigenvalue weighted by molar-refractivity contribution is -0.385. The molecule has 1 saturated heterocycles. The van der Waals surface area contributed by atoms with Gasteiger partial charge in [-0.05, 0) is 34.8 Å². The Morgan fingerprint density at radius 1 is 1.42 bits per heavy atom. The second-order valence-corrected chi connectivity index (χ2v) is 5.16. The van der Waals surface area contributed by atoms with Crippen molar-refractivity contribution in [1.29, 1.82) is 0 Å². The van der Waals surface area contributed by atoms with E-state index in [4.69, 9.17) is 0 Å². The van der Waals surface area contributed by atoms with Crippen molar-refractivity contribution in [3.63, 3.8) is 0 Å². The van der Waals surface area contributed by atoms with Gasteiger partial charge in [0.1, 0.15) is 10.6 Å². The number of rotatable bonds is 2. The predicted molar refractivity (Wildman–Crippen MR) is 70.8 cm³/mol. The first-order valence-corrected chi connectivity index (χ1v) is 6.66. The molecule has 0 spiro atoms. The molecule has 0 N–H and O–H groups in total. The molecule has 1 amide bonds. The third-order valence-corrected chi connectivity index (χ3v) is 3.95. The van der Waals surface area contributed by atoms with E-state index in [9.17, 15) is 19.3 Å². The Morgan fingerprint density at radius 3 is 2.63 bits per heavy atom. The lowest BCUT2D eigenvalue weighted by Crippen LogP contribution is -2.39. The van der Waals surface area contributed by atoms with Gasteiger partial charge in [0.15, 0.2) is 0 Å². The molecule has 1 fully saturated rings. The molecule has 1 aliphatic rings. The number of nitro groups is 1. The Morgan fingerprint density at radius 2 is 2.05 bits per heavy atom. The number of hydrogen-bond acceptors (Lipinski definition) is 3. The van der Waals surface area contributed by atoms with Gasteiger partial charge in [-0.1, -0.05) is 6.07 Å². The fourth-order valence-corrected chi connectivity index (χ4v) is 2.63. The first-order chi connectivity index (χ1) is 9.00. The zero-order valence-corrected chi connectivity index (χ0v) is 11.6. The molecular formula is C12H12BrFN2O3. The molecule has 0 unspecified atom stereocenters. The molecule has 0 radical (unpaired) electrons. The monoisotopic (exact) mass is 330 g/mol. The van der Waals surface area contributed by atoms with E-state index in [0.717, 1.165) is 0 Å². The van der Waals surface area contributed by atoms with Crippen molar-refractivity contribution in [2.24, 2.45) is 0 Å². The van der Waals surface area contributed by atoms with Crippen LogP contribution in [-0.4, -0.2) is 35.0 Å². The summed E-state index contributed by atoms with van der Waals surface area (Å²) in [7, 11) is 0. The van der Waals surface area contributed by atoms with Gasteiger partial charge in [-0.15, -0.1) is 0 Å². The van der Waals surface area contributed by atoms with E-state index in [0.29, 0.717) is 25.9 Å². The van der Waals surface area contributed by atoms with Gasteiger partial charge in [0, 0.05) is 19.2 Å². The average molecular weight is 331 g/mol. The number of halogens is 2. The van der Waals surface area contributed by atoms with E-state index >= 15 is 0 Å². The van der Waals surface area contributed by atoms with Crippen LogP contribution in [0.25, 0.3) is 0 Å². The zero-order chi connectivity index (χ0) is 14.0. The Hall–Kier alpha value is -1.50. The van der Waals surface area contributed by atoms with Crippen LogP contribution in [0.1, 0.15) is 23.2 Å². The van der Waals surface area contributed by atoms with Crippen LogP contribution in [-0.2, 0) is 0 Å². The first kappa shape index (κ1) is 13.9. The van der Waals surface area contributed by atoms with E-state index in [1.807, 2.05) is 0 Å². The highest BCUT2D eigenvalue weighted by atomic mass is 79.9. The molecule has 5 nitrogen and oxygen atoms in total. The van der Waals surface area contributed by atoms with Gasteiger partial charge in [0.05, 0.1) is 10.5 Å². The largest absolute Gasteiger partial charge is 0.338 e. The topological polar surface area (TPSA) is 63.4 Å². The smallest absolute Gasteiger partial charge is 0.284 e. The fourth-order valence-electron chi connectivity index (χ4n) is 2.05. The number of alkyl halides is 1. The van der Waals surface area contributed by atoms with E-state index in [2.05, 4.69) is 15.9 Å². The molecule has 1 heterocycles. The maximum Gasteiger partial charge on any atom is 0.284 e. The number of likely N-dealkylation sites (tertiary alicyclic amines) is 1. The summed E-state index contributed by atoms with van der Waals surface area (Å²) in [5.74, 6) is -0.303. The maximum atomic E-state index is 13.0. The summed E-state index contributed by atoms with van der Waals surface area (Å²) in [5.41, 5.74) is 0.0951. The Bertz CT molecular complexity index is 516. The van der Waals surface area contributed by atoms with Crippen molar-refractivity contribution in [2.45, 2.75) is 19.0 Å². The van der Waals surface area contributed by atoms with Gasteiger partial charge in [-0.25, -0.2) is 4.39 Å². The van der Waals surface area contributed by atoms with Gasteiger partial charge in [-0.2, -0.15) is 0 Å². The quantitative estimate of drug-likeness (QED) is 0.618. The number of nitrogens with zero attached hydrogens (tertiary/aromatic N) is 2. The van der Waals surface area contributed by atoms with Crippen LogP contribution >= 0.6 is 15.9 Å². The van der Waals surface area contributed by atoms with Crippen LogP contribution in [0, 0.1) is 10.1 Å². The lowest BCUT2D eigenvalue weighted by atomic mass is 10.1. The standard InChI is InChI=1S/C12H12BrFN2O3/c13-11-9(2-1-3-10(11)16(18)19)12(17)15-6-4-8(14)5-7-15/h1-3,8H,4-7H2. The summed E-state index contributed by atoms with van der Waals surface area (Å²) in [6.45, 7) is 0.685. The SMILES string of the molecule is O=C(c1cccc([N+](=O)[O-])c1Br)N1CCC(F)CC1. The molecule has 1 aromatic rings. The molecular weight excluding hydrogens is 319 g/mol. The van der Waals surface area contributed by atoms with Crippen LogP contribution < -0.4 is 0 Å². The van der Waals surface area contributed by atoms with E-state index in [-0.39, 0.29) is 21.6 Å². The summed E-state index contributed by atoms with van der Waals surface area (Å²) in [4.78, 5) is 24.1. The summed E-state index contributed by atoms with van der Waals surface area (Å²) in [6.07, 6.45) is -0.228. The van der Waals surface area contributed by atoms with Crippen molar-refractivity contribution in [3.05, 3.63) is 38.3 Å². The van der Waals surface area contributed by atoms with Crippen LogP contribution in [0.5, 0.6) is 0 Å². The maximum absolute atomic E-state index is 13.0. The number of carbonyl (C=O) groups excluding carboxylic acids is 1. The molecule has 19 heavy (non-hydrogen) atoms. The minimum Gasteiger partial charge on any atom is -0.338 e. The van der Waals surface area contributed by atoms with Crippen molar-refractivity contribution in [1.82, 2.24) is 4.90 Å². The predicted octanol–water partition coefficient (Wildman–Crippen LogP) is 2.93. The Kier molecular flexibility index (Phi) is 4.14. The third kappa shape index (κ3) is 2.91. The first-order valence-electron chi connectivity index (χ1n) is 5.87. The summed E-state index contributed by atoms with van der Waals surface area (Å²) >= 11 is 3.10. The van der Waals surface area contributed by atoms with E-state index < -0.39 is 11.1 Å². The summed E-state index contributed by atoms with van der Waals surface area (Å²) in [6, 6.07) is 4.33. The number of piperidine rings is 1. The zero-order valence-electron chi connectivity index (χ0n) is 10.0. The molecule has 102 valence electrons. The van der Waals surface area contributed by atoms with Crippen molar-refractivity contribution in [3.8, 4) is 0 Å². The fraction of sp³-hybridized carbons (Fsp3) is 0.417. The third-order valence-electron chi connectivity index (χ3n) is 3.12. The number of carbonyl (C=O) groups is 1. The molecule has 0 bridgehead atoms. The lowest BCUT2D eigenvalue weighted by Gasteiger charge is -2.28. The number of nitro benzene ring substituents is 1. The molecule has 0 aliphatic carbocycles. The van der Waals surface area contributed by atoms with Crippen molar-refractivity contribution >= 4 is 27.5 Å². The summed E-state index contributed by atoms with van der Waals surface area (Å²) < 4.78 is 13.2. The van der Waals surface area contributed by atoms with Crippen molar-refractivity contribution < 1.29 is 14.1 Å². The Labute approximate surface area is 117 Å². The van der Waals surface area contributed by atoms with Crippen LogP contribution in [0.15, 0.2) is 22.7 Å². The number of hydrogen-bond donors (Lipinski definition) is 0. The minimum absolute atomic E-state index is 0.147. The van der Waals surface area contributed by atoms with Crippen LogP contribution in [0.2, 0.25) is 0 Å². The van der Waals surface area contributed by atoms with Gasteiger partial charge in [-0.3, -0.25) is 14.9 Å². The Balaban J connectivity index is 2.24. The molecule has 2 rings (SSSR count). The highest BCUT2D eigenvalue weighted by molar-refractivity contribution is 9.10. The number of benzene rings is 1. The van der Waals surface area contributed by atoms with Gasteiger partial charge < -0.3 is 4.90 Å². The van der Waals surface area contributed by atoms with Gasteiger partial charge >= 0.3 is 0 Å². The van der Waals surface area contributed by atoms with Gasteiger partial charge in [0.25, 0.3) is 11.6 Å². The average Bonchev–Trinajstić information content (AvgIpc) is 2.38. The molecule has 1 aliphatic heterocycles. The second-order valence-electron chi connectivity index (χ2n) is 4.36. The minimum atomic E-state index is -0.863. The van der Waals surface area contributed by atoms with E-state index in [1.165, 1.54) is 23.1 Å². The highest BCUT2D eigenvalue weighted by Crippen LogP contribution is 2.29. The van der Waals surface area contributed by atoms with Crippen molar-refractivity contribution in [2.75, 3.05) is 13.1 Å². The molecule has 0 atom stereocenters. The molecule has 0 aromatic heterocycles. The molecule has 7 heteroatoms. The van der Waals surface area contributed by atoms with Gasteiger partial charge in [0.2, 0.25) is 0 Å². The highest BCUT2D eigenvalue weighted by Gasteiger charge is 2.26. The van der Waals surface area contributed by atoms with Crippen LogP contribution in [0.4, 0.5) is 10.1 Å². The van der Waals surface area contributed by atoms with Crippen LogP contribution in [0.3, 0.4) is 0 Å². The second kappa shape index (κ2) is 5.64. The normalized spacial score (nSPS) is 16.4. The number of amides is 1. The summed E-state index contributed by atoms with van der Waals surface area (Å²) in [5, 5.41) is 10.8. The molecule has 1 aromatic carbocycles. The van der Waals surface area contributed by atoms with E-state index in [1.54, 1.807) is 0 Å². The molecule has 0 saturated carbocycles.